The van der Waals surface area contributed by atoms with Crippen LogP contribution < -0.4 is 0 Å². The Bertz CT molecular complexity index is 736. The van der Waals surface area contributed by atoms with Gasteiger partial charge in [-0.25, -0.2) is 0 Å². The quantitative estimate of drug-likeness (QED) is 0.649. The number of aromatic nitrogens is 3. The normalized spacial score (nSPS) is 11.5. The molecule has 0 atom stereocenters. The molecule has 2 aromatic heterocycles. The van der Waals surface area contributed by atoms with Crippen molar-refractivity contribution in [1.29, 1.82) is 0 Å². The Morgan fingerprint density at radius 2 is 1.80 bits per heavy atom. The van der Waals surface area contributed by atoms with Crippen molar-refractivity contribution >= 4 is 0 Å². The second-order valence-electron chi connectivity index (χ2n) is 6.43. The van der Waals surface area contributed by atoms with Crippen molar-refractivity contribution in [2.75, 3.05) is 27.2 Å². The molecule has 0 saturated carbocycles. The minimum Gasteiger partial charge on any atom is -0.468 e. The van der Waals surface area contributed by atoms with E-state index in [2.05, 4.69) is 51.4 Å². The lowest BCUT2D eigenvalue weighted by atomic mass is 10.1. The lowest BCUT2D eigenvalue weighted by Gasteiger charge is -2.21. The van der Waals surface area contributed by atoms with Crippen LogP contribution in [0.5, 0.6) is 0 Å². The van der Waals surface area contributed by atoms with Crippen molar-refractivity contribution in [1.82, 2.24) is 25.2 Å². The molecule has 6 heteroatoms. The van der Waals surface area contributed by atoms with Crippen molar-refractivity contribution in [2.45, 2.75) is 19.5 Å². The SMILES string of the molecule is CN(C)CCCN(Cc1ccco1)Cc1n[nH]nc1-c1ccccc1. The smallest absolute Gasteiger partial charge is 0.117 e. The van der Waals surface area contributed by atoms with Crippen LogP contribution in [0.15, 0.2) is 53.1 Å². The number of H-pyrrole nitrogens is 1. The van der Waals surface area contributed by atoms with Gasteiger partial charge in [0.05, 0.1) is 12.8 Å². The van der Waals surface area contributed by atoms with Crippen LogP contribution in [-0.2, 0) is 13.1 Å². The lowest BCUT2D eigenvalue weighted by molar-refractivity contribution is 0.220. The topological polar surface area (TPSA) is 61.2 Å². The molecule has 0 fully saturated rings. The van der Waals surface area contributed by atoms with Gasteiger partial charge in [-0.2, -0.15) is 15.4 Å². The van der Waals surface area contributed by atoms with Crippen LogP contribution >= 0.6 is 0 Å². The molecular weight excluding hydrogens is 314 g/mol. The monoisotopic (exact) mass is 339 g/mol. The van der Waals surface area contributed by atoms with Crippen molar-refractivity contribution in [3.05, 3.63) is 60.2 Å². The predicted molar refractivity (Wildman–Crippen MR) is 97.8 cm³/mol. The van der Waals surface area contributed by atoms with Gasteiger partial charge in [0.2, 0.25) is 0 Å². The van der Waals surface area contributed by atoms with Crippen molar-refractivity contribution in [3.63, 3.8) is 0 Å². The zero-order valence-electron chi connectivity index (χ0n) is 14.9. The van der Waals surface area contributed by atoms with E-state index in [-0.39, 0.29) is 0 Å². The second-order valence-corrected chi connectivity index (χ2v) is 6.43. The summed E-state index contributed by atoms with van der Waals surface area (Å²) in [4.78, 5) is 4.56. The molecule has 2 heterocycles. The first-order valence-corrected chi connectivity index (χ1v) is 8.57. The summed E-state index contributed by atoms with van der Waals surface area (Å²) in [6.07, 6.45) is 2.81. The van der Waals surface area contributed by atoms with Gasteiger partial charge in [-0.05, 0) is 39.2 Å². The van der Waals surface area contributed by atoms with Crippen LogP contribution in [0.3, 0.4) is 0 Å². The van der Waals surface area contributed by atoms with Crippen molar-refractivity contribution < 1.29 is 4.42 Å². The summed E-state index contributed by atoms with van der Waals surface area (Å²) < 4.78 is 5.53. The highest BCUT2D eigenvalue weighted by Gasteiger charge is 2.15. The molecule has 3 aromatic rings. The summed E-state index contributed by atoms with van der Waals surface area (Å²) in [6.45, 7) is 3.52. The van der Waals surface area contributed by atoms with E-state index in [1.807, 2.05) is 30.3 Å². The van der Waals surface area contributed by atoms with Crippen LogP contribution in [0.1, 0.15) is 17.9 Å². The molecule has 3 rings (SSSR count). The molecule has 0 spiro atoms. The van der Waals surface area contributed by atoms with Gasteiger partial charge in [0.1, 0.15) is 17.1 Å². The molecule has 25 heavy (non-hydrogen) atoms. The van der Waals surface area contributed by atoms with Crippen LogP contribution in [0.2, 0.25) is 0 Å². The highest BCUT2D eigenvalue weighted by molar-refractivity contribution is 5.60. The van der Waals surface area contributed by atoms with Gasteiger partial charge < -0.3 is 9.32 Å². The minimum atomic E-state index is 0.731. The molecule has 1 aromatic carbocycles. The fraction of sp³-hybridized carbons (Fsp3) is 0.368. The summed E-state index contributed by atoms with van der Waals surface area (Å²) in [6, 6.07) is 14.1. The molecule has 0 radical (unpaired) electrons. The average Bonchev–Trinajstić information content (AvgIpc) is 3.27. The Kier molecular flexibility index (Phi) is 5.98. The van der Waals surface area contributed by atoms with Crippen molar-refractivity contribution in [2.24, 2.45) is 0 Å². The van der Waals surface area contributed by atoms with E-state index in [4.69, 9.17) is 4.42 Å². The number of hydrogen-bond donors (Lipinski definition) is 1. The number of benzene rings is 1. The maximum Gasteiger partial charge on any atom is 0.117 e. The maximum absolute atomic E-state index is 5.53. The van der Waals surface area contributed by atoms with E-state index in [1.165, 1.54) is 0 Å². The van der Waals surface area contributed by atoms with E-state index in [0.29, 0.717) is 0 Å². The highest BCUT2D eigenvalue weighted by atomic mass is 16.3. The zero-order chi connectivity index (χ0) is 17.5. The number of nitrogens with zero attached hydrogens (tertiary/aromatic N) is 4. The third-order valence-corrected chi connectivity index (χ3v) is 4.08. The van der Waals surface area contributed by atoms with Gasteiger partial charge in [0.15, 0.2) is 0 Å². The molecule has 0 unspecified atom stereocenters. The second kappa shape index (κ2) is 8.60. The van der Waals surface area contributed by atoms with Gasteiger partial charge in [-0.3, -0.25) is 4.90 Å². The van der Waals surface area contributed by atoms with Gasteiger partial charge in [-0.1, -0.05) is 30.3 Å². The molecule has 0 aliphatic rings. The third kappa shape index (κ3) is 5.01. The molecule has 1 N–H and O–H groups in total. The number of hydrogen-bond acceptors (Lipinski definition) is 5. The molecule has 0 saturated heterocycles. The van der Waals surface area contributed by atoms with Gasteiger partial charge in [0.25, 0.3) is 0 Å². The van der Waals surface area contributed by atoms with E-state index in [9.17, 15) is 0 Å². The van der Waals surface area contributed by atoms with E-state index in [1.54, 1.807) is 6.26 Å². The first-order valence-electron chi connectivity index (χ1n) is 8.57. The molecule has 132 valence electrons. The Hall–Kier alpha value is -2.44. The Labute approximate surface area is 148 Å². The van der Waals surface area contributed by atoms with Crippen LogP contribution in [0, 0.1) is 0 Å². The highest BCUT2D eigenvalue weighted by Crippen LogP contribution is 2.21. The zero-order valence-corrected chi connectivity index (χ0v) is 14.9. The summed E-state index contributed by atoms with van der Waals surface area (Å²) in [7, 11) is 4.20. The fourth-order valence-corrected chi connectivity index (χ4v) is 2.85. The van der Waals surface area contributed by atoms with Gasteiger partial charge in [0, 0.05) is 18.7 Å². The Balaban J connectivity index is 1.72. The first kappa shape index (κ1) is 17.4. The first-order chi connectivity index (χ1) is 12.2. The predicted octanol–water partition coefficient (Wildman–Crippen LogP) is 3.02. The molecule has 0 aliphatic heterocycles. The minimum absolute atomic E-state index is 0.731. The summed E-state index contributed by atoms with van der Waals surface area (Å²) in [5, 5.41) is 11.5. The fourth-order valence-electron chi connectivity index (χ4n) is 2.85. The van der Waals surface area contributed by atoms with Crippen LogP contribution in [0.4, 0.5) is 0 Å². The number of furan rings is 1. The Morgan fingerprint density at radius 3 is 2.52 bits per heavy atom. The van der Waals surface area contributed by atoms with E-state index < -0.39 is 0 Å². The Morgan fingerprint density at radius 1 is 0.960 bits per heavy atom. The molecular formula is C19H25N5O. The molecule has 6 nitrogen and oxygen atoms in total. The van der Waals surface area contributed by atoms with Gasteiger partial charge in [-0.15, -0.1) is 0 Å². The molecule has 0 bridgehead atoms. The molecule has 0 amide bonds. The number of nitrogens with one attached hydrogen (secondary N) is 1. The van der Waals surface area contributed by atoms with Crippen LogP contribution in [0.25, 0.3) is 11.3 Å². The largest absolute Gasteiger partial charge is 0.468 e. The summed E-state index contributed by atoms with van der Waals surface area (Å²) in [5.41, 5.74) is 2.96. The number of aromatic amines is 1. The lowest BCUT2D eigenvalue weighted by Crippen LogP contribution is -2.27. The third-order valence-electron chi connectivity index (χ3n) is 4.08. The van der Waals surface area contributed by atoms with Gasteiger partial charge >= 0.3 is 0 Å². The van der Waals surface area contributed by atoms with E-state index >= 15 is 0 Å². The standard InChI is InChI=1S/C19H25N5O/c1-23(2)11-7-12-24(14-17-10-6-13-25-17)15-18-19(21-22-20-18)16-8-4-3-5-9-16/h3-6,8-10,13H,7,11-12,14-15H2,1-2H3,(H,20,21,22). The van der Waals surface area contributed by atoms with E-state index in [0.717, 1.165) is 55.3 Å². The maximum atomic E-state index is 5.53. The number of rotatable bonds is 9. The average molecular weight is 339 g/mol. The molecule has 0 aliphatic carbocycles. The van der Waals surface area contributed by atoms with Crippen molar-refractivity contribution in [3.8, 4) is 11.3 Å². The summed E-state index contributed by atoms with van der Waals surface area (Å²) in [5.74, 6) is 0.967. The summed E-state index contributed by atoms with van der Waals surface area (Å²) >= 11 is 0. The van der Waals surface area contributed by atoms with Crippen LogP contribution in [-0.4, -0.2) is 52.4 Å².